The Balaban J connectivity index is 1.30. The lowest BCUT2D eigenvalue weighted by molar-refractivity contribution is 0.0941. The van der Waals surface area contributed by atoms with Crippen LogP contribution in [-0.2, 0) is 19.6 Å². The fraction of sp³-hybridized carbons (Fsp3) is 0.143. The van der Waals surface area contributed by atoms with Gasteiger partial charge in [0, 0.05) is 23.5 Å². The molecule has 40 heavy (non-hydrogen) atoms. The molecule has 5 nitrogen and oxygen atoms in total. The Hall–Kier alpha value is -4.90. The molecule has 2 heterocycles. The molecular weight excluding hydrogens is 494 g/mol. The van der Waals surface area contributed by atoms with Crippen molar-refractivity contribution in [3.8, 4) is 11.1 Å². The van der Waals surface area contributed by atoms with E-state index in [1.807, 2.05) is 107 Å². The van der Waals surface area contributed by atoms with Gasteiger partial charge in [-0.15, -0.1) is 0 Å². The summed E-state index contributed by atoms with van der Waals surface area (Å²) in [5, 5.41) is 3.04. The molecule has 6 rings (SSSR count). The van der Waals surface area contributed by atoms with Crippen molar-refractivity contribution in [2.24, 2.45) is 0 Å². The minimum absolute atomic E-state index is 0.0587. The number of anilines is 1. The maximum Gasteiger partial charge on any atom is 0.268 e. The monoisotopic (exact) mass is 525 g/mol. The van der Waals surface area contributed by atoms with Gasteiger partial charge in [0.2, 0.25) is 0 Å². The highest BCUT2D eigenvalue weighted by molar-refractivity contribution is 6.07. The van der Waals surface area contributed by atoms with Crippen molar-refractivity contribution in [1.82, 2.24) is 9.88 Å². The van der Waals surface area contributed by atoms with Gasteiger partial charge in [-0.25, -0.2) is 0 Å². The summed E-state index contributed by atoms with van der Waals surface area (Å²) in [6.45, 7) is 5.51. The van der Waals surface area contributed by atoms with Gasteiger partial charge in [0.25, 0.3) is 11.8 Å². The number of rotatable bonds is 5. The Kier molecular flexibility index (Phi) is 6.79. The van der Waals surface area contributed by atoms with Gasteiger partial charge < -0.3 is 14.8 Å². The topological polar surface area (TPSA) is 54.3 Å². The van der Waals surface area contributed by atoms with E-state index in [9.17, 15) is 9.59 Å². The van der Waals surface area contributed by atoms with Crippen molar-refractivity contribution in [3.05, 3.63) is 148 Å². The number of nitrogens with zero attached hydrogens (tertiary/aromatic N) is 2. The predicted octanol–water partition coefficient (Wildman–Crippen LogP) is 6.91. The lowest BCUT2D eigenvalue weighted by Crippen LogP contribution is -2.30. The molecular formula is C35H31N3O2. The fourth-order valence-electron chi connectivity index (χ4n) is 5.54. The molecule has 0 radical (unpaired) electrons. The lowest BCUT2D eigenvalue weighted by Gasteiger charge is -2.23. The second-order valence-corrected chi connectivity index (χ2v) is 10.3. The van der Waals surface area contributed by atoms with Gasteiger partial charge in [-0.05, 0) is 77.6 Å². The largest absolute Gasteiger partial charge is 0.347 e. The Bertz CT molecular complexity index is 1720. The Morgan fingerprint density at radius 1 is 0.725 bits per heavy atom. The van der Waals surface area contributed by atoms with Crippen LogP contribution in [0.2, 0.25) is 0 Å². The molecule has 1 aromatic heterocycles. The average Bonchev–Trinajstić information content (AvgIpc) is 3.29. The zero-order valence-corrected chi connectivity index (χ0v) is 22.7. The SMILES string of the molecule is Cc1ccccc1-c1ccc(C(=O)N2Cc3ccc(C(=O)NCc4ccccc4)n3Cc3ccccc32)cc1C. The van der Waals surface area contributed by atoms with Gasteiger partial charge in [-0.3, -0.25) is 9.59 Å². The first-order valence-electron chi connectivity index (χ1n) is 13.6. The van der Waals surface area contributed by atoms with Crippen LogP contribution >= 0.6 is 0 Å². The van der Waals surface area contributed by atoms with E-state index in [-0.39, 0.29) is 11.8 Å². The molecule has 0 spiro atoms. The maximum atomic E-state index is 14.0. The summed E-state index contributed by atoms with van der Waals surface area (Å²) in [7, 11) is 0. The number of para-hydroxylation sites is 1. The Morgan fingerprint density at radius 3 is 2.25 bits per heavy atom. The van der Waals surface area contributed by atoms with Crippen LogP contribution in [0.3, 0.4) is 0 Å². The van der Waals surface area contributed by atoms with E-state index in [0.29, 0.717) is 30.9 Å². The van der Waals surface area contributed by atoms with E-state index in [0.717, 1.165) is 33.6 Å². The van der Waals surface area contributed by atoms with Gasteiger partial charge in [-0.2, -0.15) is 0 Å². The van der Waals surface area contributed by atoms with E-state index in [4.69, 9.17) is 0 Å². The number of aryl methyl sites for hydroxylation is 2. The molecule has 0 saturated carbocycles. The van der Waals surface area contributed by atoms with Crippen LogP contribution in [0, 0.1) is 13.8 Å². The molecule has 0 bridgehead atoms. The summed E-state index contributed by atoms with van der Waals surface area (Å²) in [5.74, 6) is -0.189. The highest BCUT2D eigenvalue weighted by atomic mass is 16.2. The van der Waals surface area contributed by atoms with Crippen molar-refractivity contribution in [2.45, 2.75) is 33.5 Å². The van der Waals surface area contributed by atoms with Crippen molar-refractivity contribution in [1.29, 1.82) is 0 Å². The molecule has 5 heteroatoms. The molecule has 198 valence electrons. The lowest BCUT2D eigenvalue weighted by atomic mass is 9.95. The summed E-state index contributed by atoms with van der Waals surface area (Å²) in [6.07, 6.45) is 0. The van der Waals surface area contributed by atoms with Crippen molar-refractivity contribution in [3.63, 3.8) is 0 Å². The fourth-order valence-corrected chi connectivity index (χ4v) is 5.54. The minimum atomic E-state index is -0.130. The van der Waals surface area contributed by atoms with Gasteiger partial charge >= 0.3 is 0 Å². The first-order valence-corrected chi connectivity index (χ1v) is 13.6. The summed E-state index contributed by atoms with van der Waals surface area (Å²) in [4.78, 5) is 29.1. The quantitative estimate of drug-likeness (QED) is 0.271. The normalized spacial score (nSPS) is 12.3. The van der Waals surface area contributed by atoms with Gasteiger partial charge in [0.05, 0.1) is 13.1 Å². The third kappa shape index (κ3) is 4.82. The van der Waals surface area contributed by atoms with Crippen LogP contribution in [0.4, 0.5) is 5.69 Å². The molecule has 0 unspecified atom stereocenters. The van der Waals surface area contributed by atoms with Crippen molar-refractivity contribution >= 4 is 17.5 Å². The number of carbonyl (C=O) groups is 2. The molecule has 4 aromatic carbocycles. The Morgan fingerprint density at radius 2 is 1.45 bits per heavy atom. The predicted molar refractivity (Wildman–Crippen MR) is 159 cm³/mol. The smallest absolute Gasteiger partial charge is 0.268 e. The van der Waals surface area contributed by atoms with Crippen molar-refractivity contribution < 1.29 is 9.59 Å². The van der Waals surface area contributed by atoms with Crippen LogP contribution in [0.1, 0.15) is 48.8 Å². The van der Waals surface area contributed by atoms with Crippen LogP contribution in [-0.4, -0.2) is 16.4 Å². The first-order chi connectivity index (χ1) is 19.5. The standard InChI is InChI=1S/C35H31N3O2/c1-24-10-6-8-14-30(24)31-18-16-27(20-25(31)2)35(40)38-23-29-17-19-33(34(39)36-21-26-11-4-3-5-12-26)37(29)22-28-13-7-9-15-32(28)38/h3-20H,21-23H2,1-2H3,(H,36,39). The number of nitrogens with one attached hydrogen (secondary N) is 1. The highest BCUT2D eigenvalue weighted by Gasteiger charge is 2.27. The number of fused-ring (bicyclic) bond motifs is 2. The number of hydrogen-bond donors (Lipinski definition) is 1. The summed E-state index contributed by atoms with van der Waals surface area (Å²) >= 11 is 0. The molecule has 1 aliphatic heterocycles. The first kappa shape index (κ1) is 25.4. The number of benzene rings is 4. The molecule has 2 amide bonds. The van der Waals surface area contributed by atoms with E-state index in [1.165, 1.54) is 11.1 Å². The number of carbonyl (C=O) groups excluding carboxylic acids is 2. The van der Waals surface area contributed by atoms with E-state index in [1.54, 1.807) is 0 Å². The highest BCUT2D eigenvalue weighted by Crippen LogP contribution is 2.32. The summed E-state index contributed by atoms with van der Waals surface area (Å²) < 4.78 is 2.03. The second-order valence-electron chi connectivity index (χ2n) is 10.3. The van der Waals surface area contributed by atoms with Crippen molar-refractivity contribution in [2.75, 3.05) is 4.90 Å². The summed E-state index contributed by atoms with van der Waals surface area (Å²) in [5.41, 5.74) is 9.63. The molecule has 0 aliphatic carbocycles. The molecule has 0 atom stereocenters. The van der Waals surface area contributed by atoms with Gasteiger partial charge in [-0.1, -0.05) is 78.9 Å². The molecule has 0 fully saturated rings. The zero-order chi connectivity index (χ0) is 27.6. The third-order valence-electron chi connectivity index (χ3n) is 7.68. The van der Waals surface area contributed by atoms with Gasteiger partial charge in [0.15, 0.2) is 0 Å². The van der Waals surface area contributed by atoms with Crippen LogP contribution in [0.25, 0.3) is 11.1 Å². The van der Waals surface area contributed by atoms with Crippen LogP contribution in [0.5, 0.6) is 0 Å². The molecule has 5 aromatic rings. The average molecular weight is 526 g/mol. The van der Waals surface area contributed by atoms with Gasteiger partial charge in [0.1, 0.15) is 5.69 Å². The van der Waals surface area contributed by atoms with E-state index in [2.05, 4.69) is 31.3 Å². The number of hydrogen-bond acceptors (Lipinski definition) is 2. The zero-order valence-electron chi connectivity index (χ0n) is 22.7. The molecule has 1 aliphatic rings. The third-order valence-corrected chi connectivity index (χ3v) is 7.68. The maximum absolute atomic E-state index is 14.0. The number of amides is 2. The minimum Gasteiger partial charge on any atom is -0.347 e. The van der Waals surface area contributed by atoms with E-state index < -0.39 is 0 Å². The Labute approximate surface area is 234 Å². The van der Waals surface area contributed by atoms with Crippen LogP contribution in [0.15, 0.2) is 109 Å². The number of aromatic nitrogens is 1. The van der Waals surface area contributed by atoms with E-state index >= 15 is 0 Å². The summed E-state index contributed by atoms with van der Waals surface area (Å²) in [6, 6.07) is 35.9. The molecule has 0 saturated heterocycles. The molecule has 1 N–H and O–H groups in total. The van der Waals surface area contributed by atoms with Crippen LogP contribution < -0.4 is 10.2 Å². The second kappa shape index (κ2) is 10.7.